The van der Waals surface area contributed by atoms with Crippen molar-refractivity contribution in [1.82, 2.24) is 20.1 Å². The Morgan fingerprint density at radius 1 is 1.40 bits per heavy atom. The van der Waals surface area contributed by atoms with Crippen molar-refractivity contribution in [3.05, 3.63) is 29.8 Å². The van der Waals surface area contributed by atoms with E-state index in [0.717, 1.165) is 48.1 Å². The Morgan fingerprint density at radius 2 is 2.24 bits per heavy atom. The van der Waals surface area contributed by atoms with Crippen molar-refractivity contribution in [3.63, 3.8) is 0 Å². The number of hydrogen-bond acceptors (Lipinski definition) is 5. The Bertz CT molecular complexity index is 726. The van der Waals surface area contributed by atoms with Crippen molar-refractivity contribution in [2.75, 3.05) is 18.9 Å². The molecule has 6 nitrogen and oxygen atoms in total. The van der Waals surface area contributed by atoms with Gasteiger partial charge < -0.3 is 14.6 Å². The van der Waals surface area contributed by atoms with Crippen LogP contribution in [-0.4, -0.2) is 45.7 Å². The van der Waals surface area contributed by atoms with Gasteiger partial charge in [-0.3, -0.25) is 4.79 Å². The zero-order valence-corrected chi connectivity index (χ0v) is 15.5. The smallest absolute Gasteiger partial charge is 0.230 e. The zero-order valence-electron chi connectivity index (χ0n) is 14.7. The second kappa shape index (κ2) is 8.49. The maximum absolute atomic E-state index is 12.1. The Balaban J connectivity index is 1.61. The number of rotatable bonds is 7. The van der Waals surface area contributed by atoms with Crippen molar-refractivity contribution >= 4 is 17.7 Å². The van der Waals surface area contributed by atoms with Gasteiger partial charge in [0.1, 0.15) is 0 Å². The molecular weight excluding hydrogens is 336 g/mol. The van der Waals surface area contributed by atoms with E-state index in [4.69, 9.17) is 4.74 Å². The topological polar surface area (TPSA) is 69.0 Å². The van der Waals surface area contributed by atoms with E-state index in [1.165, 1.54) is 11.8 Å². The third-order valence-corrected chi connectivity index (χ3v) is 5.27. The molecule has 2 heterocycles. The minimum atomic E-state index is 0.00333. The second-order valence-electron chi connectivity index (χ2n) is 6.09. The van der Waals surface area contributed by atoms with Gasteiger partial charge in [0.15, 0.2) is 11.0 Å². The molecule has 0 radical (unpaired) electrons. The Hall–Kier alpha value is -1.86. The average Bonchev–Trinajstić information content (AvgIpc) is 3.28. The SMILES string of the molecule is CCn1c(SCC(=O)NC[C@H]2CCCO2)nnc1-c1ccccc1C. The largest absolute Gasteiger partial charge is 0.376 e. The Morgan fingerprint density at radius 3 is 2.96 bits per heavy atom. The van der Waals surface area contributed by atoms with Gasteiger partial charge in [0.25, 0.3) is 0 Å². The molecule has 1 fully saturated rings. The molecule has 1 amide bonds. The number of hydrogen-bond donors (Lipinski definition) is 1. The van der Waals surface area contributed by atoms with Gasteiger partial charge in [-0.2, -0.15) is 0 Å². The first-order chi connectivity index (χ1) is 12.2. The van der Waals surface area contributed by atoms with Gasteiger partial charge in [-0.1, -0.05) is 36.0 Å². The number of nitrogens with one attached hydrogen (secondary N) is 1. The van der Waals surface area contributed by atoms with Gasteiger partial charge in [0, 0.05) is 25.3 Å². The summed E-state index contributed by atoms with van der Waals surface area (Å²) in [6.07, 6.45) is 2.27. The number of amides is 1. The lowest BCUT2D eigenvalue weighted by molar-refractivity contribution is -0.119. The molecule has 7 heteroatoms. The van der Waals surface area contributed by atoms with Crippen LogP contribution in [0, 0.1) is 6.92 Å². The fourth-order valence-corrected chi connectivity index (χ4v) is 3.75. The maximum atomic E-state index is 12.1. The van der Waals surface area contributed by atoms with Crippen molar-refractivity contribution in [2.45, 2.75) is 44.5 Å². The van der Waals surface area contributed by atoms with E-state index in [-0.39, 0.29) is 12.0 Å². The summed E-state index contributed by atoms with van der Waals surface area (Å²) in [6, 6.07) is 8.13. The number of nitrogens with zero attached hydrogens (tertiary/aromatic N) is 3. The van der Waals surface area contributed by atoms with Gasteiger partial charge in [-0.15, -0.1) is 10.2 Å². The molecule has 1 atom stereocenters. The molecule has 1 aromatic heterocycles. The van der Waals surface area contributed by atoms with E-state index >= 15 is 0 Å². The molecule has 0 saturated carbocycles. The number of thioether (sulfide) groups is 1. The lowest BCUT2D eigenvalue weighted by Crippen LogP contribution is -2.32. The second-order valence-corrected chi connectivity index (χ2v) is 7.04. The van der Waals surface area contributed by atoms with Crippen LogP contribution in [0.25, 0.3) is 11.4 Å². The molecule has 2 aromatic rings. The molecule has 1 aromatic carbocycles. The van der Waals surface area contributed by atoms with E-state index in [0.29, 0.717) is 12.3 Å². The number of ether oxygens (including phenoxy) is 1. The summed E-state index contributed by atoms with van der Waals surface area (Å²) in [5, 5.41) is 12.3. The van der Waals surface area contributed by atoms with Crippen LogP contribution in [0.2, 0.25) is 0 Å². The highest BCUT2D eigenvalue weighted by Gasteiger charge is 2.18. The van der Waals surface area contributed by atoms with Gasteiger partial charge in [-0.25, -0.2) is 0 Å². The van der Waals surface area contributed by atoms with Crippen LogP contribution in [0.15, 0.2) is 29.4 Å². The Labute approximate surface area is 152 Å². The van der Waals surface area contributed by atoms with Crippen LogP contribution < -0.4 is 5.32 Å². The molecule has 0 spiro atoms. The van der Waals surface area contributed by atoms with Crippen LogP contribution in [-0.2, 0) is 16.1 Å². The molecule has 0 unspecified atom stereocenters. The first-order valence-electron chi connectivity index (χ1n) is 8.69. The number of carbonyl (C=O) groups excluding carboxylic acids is 1. The monoisotopic (exact) mass is 360 g/mol. The normalized spacial score (nSPS) is 17.0. The van der Waals surface area contributed by atoms with Crippen LogP contribution >= 0.6 is 11.8 Å². The Kier molecular flexibility index (Phi) is 6.09. The molecule has 25 heavy (non-hydrogen) atoms. The summed E-state index contributed by atoms with van der Waals surface area (Å²) in [6.45, 7) is 6.28. The molecular formula is C18H24N4O2S. The number of benzene rings is 1. The fourth-order valence-electron chi connectivity index (χ4n) is 2.92. The highest BCUT2D eigenvalue weighted by Crippen LogP contribution is 2.26. The summed E-state index contributed by atoms with van der Waals surface area (Å²) >= 11 is 1.42. The molecule has 1 aliphatic heterocycles. The standard InChI is InChI=1S/C18H24N4O2S/c1-3-22-17(15-9-5-4-7-13(15)2)20-21-18(22)25-12-16(23)19-11-14-8-6-10-24-14/h4-5,7,9,14H,3,6,8,10-12H2,1-2H3,(H,19,23)/t14-/m1/s1. The van der Waals surface area contributed by atoms with Gasteiger partial charge in [-0.05, 0) is 32.3 Å². The highest BCUT2D eigenvalue weighted by molar-refractivity contribution is 7.99. The first-order valence-corrected chi connectivity index (χ1v) is 9.68. The molecule has 1 saturated heterocycles. The number of carbonyl (C=O) groups is 1. The van der Waals surface area contributed by atoms with Crippen LogP contribution in [0.3, 0.4) is 0 Å². The number of aryl methyl sites for hydroxylation is 1. The molecule has 1 N–H and O–H groups in total. The quantitative estimate of drug-likeness (QED) is 0.769. The minimum Gasteiger partial charge on any atom is -0.376 e. The molecule has 0 aliphatic carbocycles. The van der Waals surface area contributed by atoms with Crippen LogP contribution in [0.1, 0.15) is 25.3 Å². The third kappa shape index (κ3) is 4.41. The summed E-state index contributed by atoms with van der Waals surface area (Å²) in [5.74, 6) is 1.19. The molecule has 0 bridgehead atoms. The van der Waals surface area contributed by atoms with Crippen molar-refractivity contribution in [1.29, 1.82) is 0 Å². The summed E-state index contributed by atoms with van der Waals surface area (Å²) < 4.78 is 7.57. The summed E-state index contributed by atoms with van der Waals surface area (Å²) in [7, 11) is 0. The van der Waals surface area contributed by atoms with E-state index in [9.17, 15) is 4.79 Å². The van der Waals surface area contributed by atoms with Gasteiger partial charge >= 0.3 is 0 Å². The van der Waals surface area contributed by atoms with Gasteiger partial charge in [0.2, 0.25) is 5.91 Å². The highest BCUT2D eigenvalue weighted by atomic mass is 32.2. The van der Waals surface area contributed by atoms with Crippen molar-refractivity contribution in [2.24, 2.45) is 0 Å². The third-order valence-electron chi connectivity index (χ3n) is 4.30. The minimum absolute atomic E-state index is 0.00333. The van der Waals surface area contributed by atoms with E-state index in [1.54, 1.807) is 0 Å². The maximum Gasteiger partial charge on any atom is 0.230 e. The summed E-state index contributed by atoms with van der Waals surface area (Å²) in [4.78, 5) is 12.1. The summed E-state index contributed by atoms with van der Waals surface area (Å²) in [5.41, 5.74) is 2.24. The lowest BCUT2D eigenvalue weighted by Gasteiger charge is -2.11. The van der Waals surface area contributed by atoms with Crippen molar-refractivity contribution in [3.8, 4) is 11.4 Å². The van der Waals surface area contributed by atoms with E-state index in [2.05, 4.69) is 40.0 Å². The first kappa shape index (κ1) is 17.9. The zero-order chi connectivity index (χ0) is 17.6. The van der Waals surface area contributed by atoms with E-state index in [1.807, 2.05) is 18.2 Å². The number of aromatic nitrogens is 3. The predicted octanol–water partition coefficient (Wildman–Crippen LogP) is 2.66. The van der Waals surface area contributed by atoms with Crippen molar-refractivity contribution < 1.29 is 9.53 Å². The fraction of sp³-hybridized carbons (Fsp3) is 0.500. The molecule has 134 valence electrons. The van der Waals surface area contributed by atoms with Gasteiger partial charge in [0.05, 0.1) is 11.9 Å². The molecule has 3 rings (SSSR count). The average molecular weight is 360 g/mol. The lowest BCUT2D eigenvalue weighted by atomic mass is 10.1. The van der Waals surface area contributed by atoms with Crippen LogP contribution in [0.4, 0.5) is 0 Å². The van der Waals surface area contributed by atoms with Crippen LogP contribution in [0.5, 0.6) is 0 Å². The van der Waals surface area contributed by atoms with E-state index < -0.39 is 0 Å². The molecule has 1 aliphatic rings. The predicted molar refractivity (Wildman–Crippen MR) is 98.6 cm³/mol.